The number of hydrogen-bond donors (Lipinski definition) is 0. The molecule has 26 heavy (non-hydrogen) atoms. The molecule has 1 saturated heterocycles. The van der Waals surface area contributed by atoms with Gasteiger partial charge < -0.3 is 0 Å². The highest BCUT2D eigenvalue weighted by molar-refractivity contribution is 7.89. The normalized spacial score (nSPS) is 16.8. The van der Waals surface area contributed by atoms with E-state index < -0.39 is 32.4 Å². The summed E-state index contributed by atoms with van der Waals surface area (Å²) in [5, 5.41) is 0.315. The molecular formula is C17H16ClF3N2O2S. The fourth-order valence-corrected chi connectivity index (χ4v) is 4.55. The van der Waals surface area contributed by atoms with Crippen molar-refractivity contribution in [3.05, 3.63) is 64.4 Å². The van der Waals surface area contributed by atoms with Crippen molar-refractivity contribution >= 4 is 21.6 Å². The van der Waals surface area contributed by atoms with Gasteiger partial charge in [0.2, 0.25) is 10.0 Å². The maximum absolute atomic E-state index is 13.9. The second kappa shape index (κ2) is 7.56. The molecule has 0 spiro atoms. The van der Waals surface area contributed by atoms with Gasteiger partial charge in [0, 0.05) is 49.4 Å². The number of nitrogens with zero attached hydrogens (tertiary/aromatic N) is 2. The Morgan fingerprint density at radius 1 is 0.962 bits per heavy atom. The smallest absolute Gasteiger partial charge is 0.243 e. The Hall–Kier alpha value is -1.61. The third-order valence-electron chi connectivity index (χ3n) is 4.25. The molecule has 0 saturated carbocycles. The number of halogens is 4. The van der Waals surface area contributed by atoms with Crippen LogP contribution >= 0.6 is 11.6 Å². The van der Waals surface area contributed by atoms with Gasteiger partial charge in [0.1, 0.15) is 17.5 Å². The first-order valence-corrected chi connectivity index (χ1v) is 9.70. The van der Waals surface area contributed by atoms with E-state index in [0.29, 0.717) is 29.7 Å². The van der Waals surface area contributed by atoms with Gasteiger partial charge in [0.05, 0.1) is 4.90 Å². The van der Waals surface area contributed by atoms with Crippen molar-refractivity contribution in [2.24, 2.45) is 0 Å². The van der Waals surface area contributed by atoms with Crippen LogP contribution in [0.4, 0.5) is 13.2 Å². The second-order valence-corrected chi connectivity index (χ2v) is 8.33. The minimum absolute atomic E-state index is 0.131. The van der Waals surface area contributed by atoms with Crippen molar-refractivity contribution in [2.75, 3.05) is 26.2 Å². The Labute approximate surface area is 154 Å². The molecule has 0 aliphatic carbocycles. The highest BCUT2D eigenvalue weighted by Gasteiger charge is 2.29. The van der Waals surface area contributed by atoms with Crippen LogP contribution in [-0.4, -0.2) is 43.8 Å². The fraction of sp³-hybridized carbons (Fsp3) is 0.294. The molecule has 0 aromatic heterocycles. The molecule has 4 nitrogen and oxygen atoms in total. The molecular weight excluding hydrogens is 389 g/mol. The van der Waals surface area contributed by atoms with Crippen LogP contribution in [0, 0.1) is 17.5 Å². The third-order valence-corrected chi connectivity index (χ3v) is 6.48. The number of benzene rings is 2. The van der Waals surface area contributed by atoms with Gasteiger partial charge in [-0.25, -0.2) is 21.6 Å². The number of hydrogen-bond acceptors (Lipinski definition) is 3. The predicted octanol–water partition coefficient (Wildman–Crippen LogP) is 3.26. The van der Waals surface area contributed by atoms with E-state index in [1.54, 1.807) is 6.07 Å². The lowest BCUT2D eigenvalue weighted by molar-refractivity contribution is 0.180. The summed E-state index contributed by atoms with van der Waals surface area (Å²) in [6, 6.07) is 6.65. The summed E-state index contributed by atoms with van der Waals surface area (Å²) in [5.74, 6) is -2.31. The molecule has 9 heteroatoms. The number of piperazine rings is 1. The monoisotopic (exact) mass is 404 g/mol. The summed E-state index contributed by atoms with van der Waals surface area (Å²) in [5.41, 5.74) is 0.359. The average molecular weight is 405 g/mol. The van der Waals surface area contributed by atoms with Gasteiger partial charge in [-0.15, -0.1) is 0 Å². The van der Waals surface area contributed by atoms with E-state index >= 15 is 0 Å². The molecule has 1 aliphatic rings. The van der Waals surface area contributed by atoms with Gasteiger partial charge in [-0.2, -0.15) is 4.31 Å². The van der Waals surface area contributed by atoms with Crippen LogP contribution in [-0.2, 0) is 16.6 Å². The molecule has 0 radical (unpaired) electrons. The molecule has 0 bridgehead atoms. The minimum Gasteiger partial charge on any atom is -0.296 e. The highest BCUT2D eigenvalue weighted by Crippen LogP contribution is 2.23. The van der Waals surface area contributed by atoms with E-state index in [2.05, 4.69) is 0 Å². The first-order valence-electron chi connectivity index (χ1n) is 7.89. The van der Waals surface area contributed by atoms with Gasteiger partial charge in [0.25, 0.3) is 0 Å². The Morgan fingerprint density at radius 2 is 1.58 bits per heavy atom. The van der Waals surface area contributed by atoms with Gasteiger partial charge >= 0.3 is 0 Å². The molecule has 0 unspecified atom stereocenters. The number of sulfonamides is 1. The quantitative estimate of drug-likeness (QED) is 0.785. The Balaban J connectivity index is 1.70. The average Bonchev–Trinajstić information content (AvgIpc) is 2.58. The van der Waals surface area contributed by atoms with Crippen LogP contribution in [0.15, 0.2) is 41.3 Å². The van der Waals surface area contributed by atoms with E-state index in [9.17, 15) is 21.6 Å². The van der Waals surface area contributed by atoms with E-state index in [1.165, 1.54) is 16.4 Å². The standard InChI is InChI=1S/C17H16ClF3N2O2S/c18-16-2-1-3-17(21)15(16)11-22-4-6-23(7-5-22)26(24,25)14-9-12(19)8-13(20)10-14/h1-3,8-10H,4-7,11H2. The van der Waals surface area contributed by atoms with E-state index in [-0.39, 0.29) is 19.6 Å². The largest absolute Gasteiger partial charge is 0.296 e. The molecule has 0 amide bonds. The molecule has 1 aliphatic heterocycles. The van der Waals surface area contributed by atoms with Crippen LogP contribution in [0.2, 0.25) is 5.02 Å². The van der Waals surface area contributed by atoms with Crippen LogP contribution in [0.5, 0.6) is 0 Å². The van der Waals surface area contributed by atoms with E-state index in [4.69, 9.17) is 11.6 Å². The summed E-state index contributed by atoms with van der Waals surface area (Å²) >= 11 is 6.02. The topological polar surface area (TPSA) is 40.6 Å². The number of rotatable bonds is 4. The molecule has 3 rings (SSSR count). The lowest BCUT2D eigenvalue weighted by Crippen LogP contribution is -2.48. The molecule has 140 valence electrons. The zero-order chi connectivity index (χ0) is 18.9. The van der Waals surface area contributed by atoms with Crippen molar-refractivity contribution in [3.63, 3.8) is 0 Å². The Bertz CT molecular complexity index is 876. The lowest BCUT2D eigenvalue weighted by atomic mass is 10.2. The maximum atomic E-state index is 13.9. The third kappa shape index (κ3) is 4.03. The molecule has 0 atom stereocenters. The molecule has 0 N–H and O–H groups in total. The molecule has 1 fully saturated rings. The van der Waals surface area contributed by atoms with Crippen molar-refractivity contribution in [2.45, 2.75) is 11.4 Å². The van der Waals surface area contributed by atoms with E-state index in [1.807, 2.05) is 4.90 Å². The van der Waals surface area contributed by atoms with Crippen LogP contribution in [0.1, 0.15) is 5.56 Å². The Kier molecular flexibility index (Phi) is 5.57. The van der Waals surface area contributed by atoms with Crippen molar-refractivity contribution < 1.29 is 21.6 Å². The zero-order valence-corrected chi connectivity index (χ0v) is 15.2. The summed E-state index contributed by atoms with van der Waals surface area (Å²) in [7, 11) is -3.99. The van der Waals surface area contributed by atoms with Crippen molar-refractivity contribution in [3.8, 4) is 0 Å². The summed E-state index contributed by atoms with van der Waals surface area (Å²) < 4.78 is 66.8. The Morgan fingerprint density at radius 3 is 2.15 bits per heavy atom. The summed E-state index contributed by atoms with van der Waals surface area (Å²) in [6.45, 7) is 1.22. The second-order valence-electron chi connectivity index (χ2n) is 5.99. The van der Waals surface area contributed by atoms with Gasteiger partial charge in [-0.05, 0) is 24.3 Å². The van der Waals surface area contributed by atoms with Gasteiger partial charge in [-0.3, -0.25) is 4.90 Å². The lowest BCUT2D eigenvalue weighted by Gasteiger charge is -2.34. The van der Waals surface area contributed by atoms with Gasteiger partial charge in [0.15, 0.2) is 0 Å². The van der Waals surface area contributed by atoms with Gasteiger partial charge in [-0.1, -0.05) is 17.7 Å². The van der Waals surface area contributed by atoms with Crippen molar-refractivity contribution in [1.29, 1.82) is 0 Å². The maximum Gasteiger partial charge on any atom is 0.243 e. The summed E-state index contributed by atoms with van der Waals surface area (Å²) in [6.07, 6.45) is 0. The minimum atomic E-state index is -3.99. The summed E-state index contributed by atoms with van der Waals surface area (Å²) in [4.78, 5) is 1.46. The highest BCUT2D eigenvalue weighted by atomic mass is 35.5. The molecule has 2 aromatic rings. The van der Waals surface area contributed by atoms with E-state index in [0.717, 1.165) is 12.1 Å². The van der Waals surface area contributed by atoms with Crippen LogP contribution in [0.3, 0.4) is 0 Å². The van der Waals surface area contributed by atoms with Crippen LogP contribution in [0.25, 0.3) is 0 Å². The van der Waals surface area contributed by atoms with Crippen LogP contribution < -0.4 is 0 Å². The zero-order valence-electron chi connectivity index (χ0n) is 13.6. The molecule has 1 heterocycles. The first kappa shape index (κ1) is 19.2. The SMILES string of the molecule is O=S(=O)(c1cc(F)cc(F)c1)N1CCN(Cc2c(F)cccc2Cl)CC1. The fourth-order valence-electron chi connectivity index (χ4n) is 2.86. The van der Waals surface area contributed by atoms with Crippen molar-refractivity contribution in [1.82, 2.24) is 9.21 Å². The first-order chi connectivity index (χ1) is 12.3. The molecule has 2 aromatic carbocycles. The predicted molar refractivity (Wildman–Crippen MR) is 91.8 cm³/mol.